The molecule has 2 aromatic carbocycles. The van der Waals surface area contributed by atoms with Gasteiger partial charge in [-0.3, -0.25) is 4.79 Å². The summed E-state index contributed by atoms with van der Waals surface area (Å²) in [5.74, 6) is -6.71. The van der Waals surface area contributed by atoms with Crippen molar-refractivity contribution in [1.82, 2.24) is 0 Å². The Morgan fingerprint density at radius 2 is 1.85 bits per heavy atom. The highest BCUT2D eigenvalue weighted by Crippen LogP contribution is 2.54. The van der Waals surface area contributed by atoms with Crippen molar-refractivity contribution in [2.24, 2.45) is 17.0 Å². The molecular weight excluding hydrogens is 485 g/mol. The molecule has 2 fully saturated rings. The number of halogens is 4. The quantitative estimate of drug-likeness (QED) is 0.249. The van der Waals surface area contributed by atoms with Gasteiger partial charge in [0.25, 0.3) is 5.91 Å². The first kappa shape index (κ1) is 23.5. The van der Waals surface area contributed by atoms with E-state index in [0.29, 0.717) is 25.0 Å². The van der Waals surface area contributed by atoms with Crippen molar-refractivity contribution in [3.05, 3.63) is 58.4 Å². The first-order valence-corrected chi connectivity index (χ1v) is 11.8. The van der Waals surface area contributed by atoms with Crippen molar-refractivity contribution in [2.75, 3.05) is 5.32 Å². The molecular formula is C21H18ClF3N2O5S. The predicted octanol–water partition coefficient (Wildman–Crippen LogP) is 3.77. The lowest BCUT2D eigenvalue weighted by Crippen LogP contribution is -2.40. The topological polar surface area (TPSA) is 116 Å². The van der Waals surface area contributed by atoms with Crippen molar-refractivity contribution in [3.8, 4) is 0 Å². The summed E-state index contributed by atoms with van der Waals surface area (Å²) in [6, 6.07) is 4.64. The van der Waals surface area contributed by atoms with E-state index in [0.717, 1.165) is 12.3 Å². The van der Waals surface area contributed by atoms with Crippen LogP contribution in [0.25, 0.3) is 0 Å². The number of benzene rings is 2. The van der Waals surface area contributed by atoms with Gasteiger partial charge in [0.1, 0.15) is 5.60 Å². The number of carbonyl (C=O) groups excluding carboxylic acids is 1. The molecule has 0 aliphatic heterocycles. The van der Waals surface area contributed by atoms with Crippen LogP contribution in [-0.4, -0.2) is 41.7 Å². The third-order valence-corrected chi connectivity index (χ3v) is 9.14. The van der Waals surface area contributed by atoms with E-state index in [9.17, 15) is 31.5 Å². The largest absolute Gasteiger partial charge is 0.411 e. The van der Waals surface area contributed by atoms with Gasteiger partial charge in [-0.05, 0) is 43.4 Å². The maximum atomic E-state index is 13.5. The van der Waals surface area contributed by atoms with E-state index in [4.69, 9.17) is 16.8 Å². The van der Waals surface area contributed by atoms with Crippen molar-refractivity contribution >= 4 is 39.2 Å². The number of rotatable bonds is 5. The van der Waals surface area contributed by atoms with Crippen molar-refractivity contribution in [2.45, 2.75) is 35.0 Å². The molecule has 0 spiro atoms. The molecule has 2 aliphatic carbocycles. The fraction of sp³-hybridized carbons (Fsp3) is 0.333. The normalized spacial score (nSPS) is 26.8. The van der Waals surface area contributed by atoms with E-state index >= 15 is 0 Å². The summed E-state index contributed by atoms with van der Waals surface area (Å²) in [5.41, 5.74) is -2.10. The highest BCUT2D eigenvalue weighted by atomic mass is 35.5. The molecule has 2 saturated carbocycles. The molecule has 0 aromatic heterocycles. The van der Waals surface area contributed by atoms with E-state index < -0.39 is 55.9 Å². The second kappa shape index (κ2) is 8.30. The number of oxime groups is 1. The van der Waals surface area contributed by atoms with Crippen LogP contribution in [0.3, 0.4) is 0 Å². The van der Waals surface area contributed by atoms with Crippen LogP contribution in [-0.2, 0) is 9.84 Å². The lowest BCUT2D eigenvalue weighted by molar-refractivity contribution is 0.0561. The Balaban J connectivity index is 1.66. The molecule has 1 amide bonds. The standard InChI is InChI=1S/C21H18ClF3N2O5S/c22-14-4-2-10(20(28)27-12-6-15(23)18(25)16(24)7-12)5-17(14)33(31,32)19-11-1-3-13(19)21(29,8-11)9-26-30/h2,4-7,9,11,13,19,29-30H,1,3,8H2,(H,27,28)/b26-9+/t11?,13?,19-,21+/m1/s1. The summed E-state index contributed by atoms with van der Waals surface area (Å²) in [4.78, 5) is 12.3. The van der Waals surface area contributed by atoms with Gasteiger partial charge in [0.05, 0.1) is 21.4 Å². The number of amides is 1. The van der Waals surface area contributed by atoms with Gasteiger partial charge in [0.15, 0.2) is 27.3 Å². The van der Waals surface area contributed by atoms with E-state index in [1.54, 1.807) is 0 Å². The molecule has 12 heteroatoms. The molecule has 0 radical (unpaired) electrons. The van der Waals surface area contributed by atoms with E-state index in [2.05, 4.69) is 10.5 Å². The lowest BCUT2D eigenvalue weighted by atomic mass is 9.85. The molecule has 176 valence electrons. The minimum absolute atomic E-state index is 0.102. The molecule has 4 atom stereocenters. The number of hydrogen-bond acceptors (Lipinski definition) is 6. The number of anilines is 1. The number of hydrogen-bond donors (Lipinski definition) is 3. The van der Waals surface area contributed by atoms with Crippen LogP contribution in [0.5, 0.6) is 0 Å². The maximum Gasteiger partial charge on any atom is 0.255 e. The van der Waals surface area contributed by atoms with Crippen LogP contribution >= 0.6 is 11.6 Å². The predicted molar refractivity (Wildman–Crippen MR) is 113 cm³/mol. The number of carbonyl (C=O) groups is 1. The molecule has 4 rings (SSSR count). The second-order valence-electron chi connectivity index (χ2n) is 8.25. The number of sulfone groups is 1. The van der Waals surface area contributed by atoms with E-state index in [-0.39, 0.29) is 27.6 Å². The zero-order valence-electron chi connectivity index (χ0n) is 16.8. The average molecular weight is 503 g/mol. The van der Waals surface area contributed by atoms with Gasteiger partial charge in [0, 0.05) is 29.3 Å². The molecule has 7 nitrogen and oxygen atoms in total. The lowest BCUT2D eigenvalue weighted by Gasteiger charge is -2.28. The van der Waals surface area contributed by atoms with Gasteiger partial charge in [-0.1, -0.05) is 16.8 Å². The van der Waals surface area contributed by atoms with Gasteiger partial charge in [-0.2, -0.15) is 0 Å². The minimum atomic E-state index is -4.13. The third-order valence-electron chi connectivity index (χ3n) is 6.32. The van der Waals surface area contributed by atoms with E-state index in [1.807, 2.05) is 0 Å². The van der Waals surface area contributed by atoms with Gasteiger partial charge in [-0.15, -0.1) is 0 Å². The Morgan fingerprint density at radius 3 is 2.48 bits per heavy atom. The third kappa shape index (κ3) is 3.98. The van der Waals surface area contributed by atoms with Gasteiger partial charge < -0.3 is 15.6 Å². The fourth-order valence-corrected chi connectivity index (χ4v) is 7.84. The Bertz CT molecular complexity index is 1250. The van der Waals surface area contributed by atoms with Crippen molar-refractivity contribution < 1.29 is 36.7 Å². The summed E-state index contributed by atoms with van der Waals surface area (Å²) in [5, 5.41) is 23.5. The van der Waals surface area contributed by atoms with Crippen LogP contribution in [0.2, 0.25) is 5.02 Å². The smallest absolute Gasteiger partial charge is 0.255 e. The SMILES string of the molecule is O=C(Nc1cc(F)c(F)c(F)c1)c1ccc(Cl)c(S(=O)(=O)[C@@H]2C3CCC2[C@@](O)(/C=N/O)C3)c1. The highest BCUT2D eigenvalue weighted by Gasteiger charge is 2.61. The van der Waals surface area contributed by atoms with Crippen molar-refractivity contribution in [1.29, 1.82) is 0 Å². The minimum Gasteiger partial charge on any atom is -0.411 e. The Labute approximate surface area is 191 Å². The molecule has 2 bridgehead atoms. The monoisotopic (exact) mass is 502 g/mol. The van der Waals surface area contributed by atoms with E-state index in [1.165, 1.54) is 12.1 Å². The van der Waals surface area contributed by atoms with Crippen LogP contribution < -0.4 is 5.32 Å². The van der Waals surface area contributed by atoms with Gasteiger partial charge in [0.2, 0.25) is 0 Å². The first-order valence-electron chi connectivity index (χ1n) is 9.88. The first-order chi connectivity index (χ1) is 15.5. The number of fused-ring (bicyclic) bond motifs is 2. The molecule has 2 aromatic rings. The Kier molecular flexibility index (Phi) is 5.92. The number of aliphatic hydroxyl groups is 1. The Morgan fingerprint density at radius 1 is 1.18 bits per heavy atom. The van der Waals surface area contributed by atoms with Crippen LogP contribution in [0.4, 0.5) is 18.9 Å². The summed E-state index contributed by atoms with van der Waals surface area (Å²) < 4.78 is 67.0. The zero-order chi connectivity index (χ0) is 24.1. The Hall–Kier alpha value is -2.63. The summed E-state index contributed by atoms with van der Waals surface area (Å²) in [6.07, 6.45) is 1.99. The zero-order valence-corrected chi connectivity index (χ0v) is 18.4. The van der Waals surface area contributed by atoms with Crippen LogP contribution in [0.1, 0.15) is 29.6 Å². The molecule has 33 heavy (non-hydrogen) atoms. The highest BCUT2D eigenvalue weighted by molar-refractivity contribution is 7.92. The summed E-state index contributed by atoms with van der Waals surface area (Å²) >= 11 is 6.15. The number of nitrogens with zero attached hydrogens (tertiary/aromatic N) is 1. The van der Waals surface area contributed by atoms with Crippen LogP contribution in [0.15, 0.2) is 40.4 Å². The second-order valence-corrected chi connectivity index (χ2v) is 10.7. The molecule has 2 unspecified atom stereocenters. The summed E-state index contributed by atoms with van der Waals surface area (Å²) in [6.45, 7) is 0. The van der Waals surface area contributed by atoms with Crippen LogP contribution in [0, 0.1) is 29.3 Å². The number of nitrogens with one attached hydrogen (secondary N) is 1. The maximum absolute atomic E-state index is 13.5. The fourth-order valence-electron chi connectivity index (χ4n) is 4.93. The van der Waals surface area contributed by atoms with Gasteiger partial charge >= 0.3 is 0 Å². The average Bonchev–Trinajstić information content (AvgIpc) is 3.28. The molecule has 3 N–H and O–H groups in total. The molecule has 0 heterocycles. The molecule has 2 aliphatic rings. The van der Waals surface area contributed by atoms with Gasteiger partial charge in [-0.25, -0.2) is 21.6 Å². The van der Waals surface area contributed by atoms with Crippen molar-refractivity contribution in [3.63, 3.8) is 0 Å². The summed E-state index contributed by atoms with van der Waals surface area (Å²) in [7, 11) is -4.13. The molecule has 0 saturated heterocycles.